The Balaban J connectivity index is 1.31. The van der Waals surface area contributed by atoms with Crippen LogP contribution in [0.3, 0.4) is 0 Å². The quantitative estimate of drug-likeness (QED) is 0.846. The second-order valence-electron chi connectivity index (χ2n) is 8.54. The predicted molar refractivity (Wildman–Crippen MR) is 83.8 cm³/mol. The van der Waals surface area contributed by atoms with E-state index in [1.54, 1.807) is 19.3 Å². The molecule has 20 heavy (non-hydrogen) atoms. The van der Waals surface area contributed by atoms with Gasteiger partial charge in [-0.05, 0) is 95.7 Å². The van der Waals surface area contributed by atoms with Crippen LogP contribution in [0, 0.1) is 17.8 Å². The minimum absolute atomic E-state index is 0.571. The van der Waals surface area contributed by atoms with E-state index in [9.17, 15) is 0 Å². The molecule has 0 aromatic rings. The molecule has 0 aromatic heterocycles. The van der Waals surface area contributed by atoms with Crippen molar-refractivity contribution in [1.29, 1.82) is 0 Å². The van der Waals surface area contributed by atoms with E-state index in [2.05, 4.69) is 17.3 Å². The fourth-order valence-electron chi connectivity index (χ4n) is 6.34. The minimum Gasteiger partial charge on any atom is -0.311 e. The Labute approximate surface area is 124 Å². The van der Waals surface area contributed by atoms with Crippen LogP contribution in [0.15, 0.2) is 0 Å². The first-order valence-corrected chi connectivity index (χ1v) is 9.18. The van der Waals surface area contributed by atoms with Crippen LogP contribution in [-0.2, 0) is 0 Å². The van der Waals surface area contributed by atoms with Crippen LogP contribution in [0.5, 0.6) is 0 Å². The van der Waals surface area contributed by atoms with Crippen LogP contribution in [0.4, 0.5) is 0 Å². The van der Waals surface area contributed by atoms with Crippen LogP contribution in [0.2, 0.25) is 0 Å². The second-order valence-corrected chi connectivity index (χ2v) is 8.54. The highest BCUT2D eigenvalue weighted by Crippen LogP contribution is 2.55. The van der Waals surface area contributed by atoms with E-state index in [0.29, 0.717) is 5.54 Å². The first kappa shape index (κ1) is 13.6. The van der Waals surface area contributed by atoms with Crippen molar-refractivity contribution in [2.24, 2.45) is 17.8 Å². The molecule has 1 aliphatic heterocycles. The number of hydrogen-bond acceptors (Lipinski definition) is 2. The summed E-state index contributed by atoms with van der Waals surface area (Å²) in [6.45, 7) is 2.59. The largest absolute Gasteiger partial charge is 0.311 e. The maximum absolute atomic E-state index is 4.07. The Morgan fingerprint density at radius 1 is 1.00 bits per heavy atom. The molecule has 1 N–H and O–H groups in total. The highest BCUT2D eigenvalue weighted by atomic mass is 15.1. The average Bonchev–Trinajstić information content (AvgIpc) is 2.39. The zero-order valence-corrected chi connectivity index (χ0v) is 13.2. The number of nitrogens with one attached hydrogen (secondary N) is 1. The van der Waals surface area contributed by atoms with Gasteiger partial charge in [0.1, 0.15) is 0 Å². The topological polar surface area (TPSA) is 15.3 Å². The lowest BCUT2D eigenvalue weighted by Gasteiger charge is -2.57. The highest BCUT2D eigenvalue weighted by molar-refractivity contribution is 5.06. The summed E-state index contributed by atoms with van der Waals surface area (Å²) in [6.07, 6.45) is 14.8. The Bertz CT molecular complexity index is 316. The minimum atomic E-state index is 0.571. The smallest absolute Gasteiger partial charge is 0.0189 e. The van der Waals surface area contributed by atoms with E-state index in [-0.39, 0.29) is 0 Å². The lowest BCUT2D eigenvalue weighted by atomic mass is 9.53. The summed E-state index contributed by atoms with van der Waals surface area (Å²) in [7, 11) is 2.33. The zero-order chi connectivity index (χ0) is 13.6. The van der Waals surface area contributed by atoms with Gasteiger partial charge in [-0.15, -0.1) is 0 Å². The molecule has 4 saturated carbocycles. The van der Waals surface area contributed by atoms with E-state index in [1.165, 1.54) is 58.0 Å². The molecule has 114 valence electrons. The van der Waals surface area contributed by atoms with E-state index in [0.717, 1.165) is 23.8 Å². The first-order valence-electron chi connectivity index (χ1n) is 9.18. The van der Waals surface area contributed by atoms with E-state index in [4.69, 9.17) is 0 Å². The molecule has 0 radical (unpaired) electrons. The van der Waals surface area contributed by atoms with Crippen LogP contribution >= 0.6 is 0 Å². The third-order valence-electron chi connectivity index (χ3n) is 6.94. The van der Waals surface area contributed by atoms with Crippen molar-refractivity contribution in [1.82, 2.24) is 10.2 Å². The van der Waals surface area contributed by atoms with Gasteiger partial charge in [-0.2, -0.15) is 0 Å². The summed E-state index contributed by atoms with van der Waals surface area (Å²) in [6, 6.07) is 0.852. The molecular weight excluding hydrogens is 244 g/mol. The zero-order valence-electron chi connectivity index (χ0n) is 13.2. The molecule has 5 aliphatic rings. The third-order valence-corrected chi connectivity index (χ3v) is 6.94. The van der Waals surface area contributed by atoms with Gasteiger partial charge < -0.3 is 10.2 Å². The summed E-state index contributed by atoms with van der Waals surface area (Å²) in [4.78, 5) is 2.60. The van der Waals surface area contributed by atoms with Gasteiger partial charge in [0, 0.05) is 11.6 Å². The van der Waals surface area contributed by atoms with Gasteiger partial charge >= 0.3 is 0 Å². The molecule has 1 unspecified atom stereocenters. The Hall–Kier alpha value is -0.0800. The molecule has 5 rings (SSSR count). The van der Waals surface area contributed by atoms with Gasteiger partial charge in [0.15, 0.2) is 0 Å². The van der Waals surface area contributed by atoms with E-state index in [1.807, 2.05) is 0 Å². The monoisotopic (exact) mass is 276 g/mol. The maximum Gasteiger partial charge on any atom is 0.0189 e. The first-order chi connectivity index (χ1) is 9.72. The number of likely N-dealkylation sites (tertiary alicyclic amines) is 1. The Kier molecular flexibility index (Phi) is 3.58. The van der Waals surface area contributed by atoms with E-state index < -0.39 is 0 Å². The number of rotatable bonds is 4. The lowest BCUT2D eigenvalue weighted by molar-refractivity contribution is -0.0205. The van der Waals surface area contributed by atoms with Crippen LogP contribution in [-0.4, -0.2) is 36.6 Å². The van der Waals surface area contributed by atoms with Gasteiger partial charge in [-0.3, -0.25) is 0 Å². The van der Waals surface area contributed by atoms with Crippen molar-refractivity contribution in [3.8, 4) is 0 Å². The van der Waals surface area contributed by atoms with Crippen molar-refractivity contribution in [3.05, 3.63) is 0 Å². The van der Waals surface area contributed by atoms with Gasteiger partial charge in [-0.25, -0.2) is 0 Å². The standard InChI is InChI=1S/C18H32N2/c1-20-7-3-2-4-17(20)5-6-19-18-11-14-8-15(12-18)10-16(9-14)13-18/h14-17,19H,2-13H2,1H3. The number of nitrogens with zero attached hydrogens (tertiary/aromatic N) is 1. The summed E-state index contributed by atoms with van der Waals surface area (Å²) < 4.78 is 0. The van der Waals surface area contributed by atoms with Crippen LogP contribution in [0.25, 0.3) is 0 Å². The van der Waals surface area contributed by atoms with E-state index >= 15 is 0 Å². The van der Waals surface area contributed by atoms with Gasteiger partial charge in [0.2, 0.25) is 0 Å². The second kappa shape index (κ2) is 5.28. The Morgan fingerprint density at radius 2 is 1.65 bits per heavy atom. The Morgan fingerprint density at radius 3 is 2.25 bits per heavy atom. The number of hydrogen-bond donors (Lipinski definition) is 1. The molecule has 0 spiro atoms. The molecule has 4 bridgehead atoms. The summed E-state index contributed by atoms with van der Waals surface area (Å²) in [5.74, 6) is 3.23. The lowest BCUT2D eigenvalue weighted by Crippen LogP contribution is -2.58. The van der Waals surface area contributed by atoms with Crippen LogP contribution < -0.4 is 5.32 Å². The van der Waals surface area contributed by atoms with Gasteiger partial charge in [0.05, 0.1) is 0 Å². The molecule has 2 nitrogen and oxygen atoms in total. The van der Waals surface area contributed by atoms with Gasteiger partial charge in [-0.1, -0.05) is 6.42 Å². The molecular formula is C18H32N2. The fraction of sp³-hybridized carbons (Fsp3) is 1.00. The molecule has 1 atom stereocenters. The van der Waals surface area contributed by atoms with Crippen LogP contribution in [0.1, 0.15) is 64.2 Å². The molecule has 2 heteroatoms. The molecule has 5 fully saturated rings. The van der Waals surface area contributed by atoms with Crippen molar-refractivity contribution in [2.45, 2.75) is 75.8 Å². The molecule has 1 heterocycles. The SMILES string of the molecule is CN1CCCCC1CCNC12CC3CC(CC(C3)C1)C2. The number of piperidine rings is 1. The van der Waals surface area contributed by atoms with Gasteiger partial charge in [0.25, 0.3) is 0 Å². The fourth-order valence-corrected chi connectivity index (χ4v) is 6.34. The molecule has 0 amide bonds. The summed E-state index contributed by atoms with van der Waals surface area (Å²) in [5.41, 5.74) is 0.571. The molecule has 1 saturated heterocycles. The molecule has 0 aromatic carbocycles. The van der Waals surface area contributed by atoms with Crippen molar-refractivity contribution in [2.75, 3.05) is 20.1 Å². The highest BCUT2D eigenvalue weighted by Gasteiger charge is 2.50. The summed E-state index contributed by atoms with van der Waals surface area (Å²) in [5, 5.41) is 4.07. The predicted octanol–water partition coefficient (Wildman–Crippen LogP) is 3.42. The maximum atomic E-state index is 4.07. The molecule has 4 aliphatic carbocycles. The van der Waals surface area contributed by atoms with Crippen molar-refractivity contribution in [3.63, 3.8) is 0 Å². The van der Waals surface area contributed by atoms with Crippen molar-refractivity contribution < 1.29 is 0 Å². The van der Waals surface area contributed by atoms with Crippen molar-refractivity contribution >= 4 is 0 Å². The average molecular weight is 276 g/mol. The normalized spacial score (nSPS) is 47.9. The summed E-state index contributed by atoms with van der Waals surface area (Å²) >= 11 is 0. The third kappa shape index (κ3) is 2.54.